The second-order valence-corrected chi connectivity index (χ2v) is 7.42. The zero-order chi connectivity index (χ0) is 11.5. The molecule has 0 aliphatic carbocycles. The van der Waals surface area contributed by atoms with Crippen LogP contribution in [0.1, 0.15) is 13.8 Å². The van der Waals surface area contributed by atoms with Crippen molar-refractivity contribution >= 4 is 21.6 Å². The van der Waals surface area contributed by atoms with E-state index in [1.54, 1.807) is 25.6 Å². The van der Waals surface area contributed by atoms with Crippen molar-refractivity contribution < 1.29 is 13.5 Å². The van der Waals surface area contributed by atoms with Crippen molar-refractivity contribution in [2.75, 3.05) is 30.3 Å². The summed E-state index contributed by atoms with van der Waals surface area (Å²) in [6.45, 7) is 4.57. The first-order chi connectivity index (χ1) is 6.97. The Morgan fingerprint density at radius 1 is 1.60 bits per heavy atom. The van der Waals surface area contributed by atoms with E-state index in [4.69, 9.17) is 0 Å². The van der Waals surface area contributed by atoms with E-state index in [1.165, 1.54) is 0 Å². The van der Waals surface area contributed by atoms with Gasteiger partial charge < -0.3 is 5.11 Å². The highest BCUT2D eigenvalue weighted by atomic mass is 32.2. The van der Waals surface area contributed by atoms with Gasteiger partial charge >= 0.3 is 0 Å². The van der Waals surface area contributed by atoms with Crippen molar-refractivity contribution in [1.29, 1.82) is 0 Å². The van der Waals surface area contributed by atoms with Gasteiger partial charge in [-0.25, -0.2) is 8.42 Å². The van der Waals surface area contributed by atoms with Crippen LogP contribution in [0, 0.1) is 0 Å². The van der Waals surface area contributed by atoms with E-state index in [0.29, 0.717) is 12.3 Å². The molecule has 1 rings (SSSR count). The van der Waals surface area contributed by atoms with E-state index in [0.717, 1.165) is 12.3 Å². The molecular weight excluding hydrogens is 234 g/mol. The molecule has 0 aromatic rings. The summed E-state index contributed by atoms with van der Waals surface area (Å²) >= 11 is 1.67. The van der Waals surface area contributed by atoms with Crippen LogP contribution in [0.25, 0.3) is 0 Å². The monoisotopic (exact) mass is 253 g/mol. The molecule has 1 aliphatic heterocycles. The van der Waals surface area contributed by atoms with Gasteiger partial charge in [-0.05, 0) is 6.92 Å². The second-order valence-electron chi connectivity index (χ2n) is 3.83. The lowest BCUT2D eigenvalue weighted by Crippen LogP contribution is -2.50. The van der Waals surface area contributed by atoms with Crippen molar-refractivity contribution in [2.24, 2.45) is 0 Å². The van der Waals surface area contributed by atoms with Gasteiger partial charge in [0.25, 0.3) is 0 Å². The molecule has 6 heteroatoms. The lowest BCUT2D eigenvalue weighted by Gasteiger charge is -2.35. The number of hydrogen-bond acceptors (Lipinski definition) is 5. The van der Waals surface area contributed by atoms with Gasteiger partial charge in [0, 0.05) is 30.3 Å². The molecule has 1 heterocycles. The first-order valence-electron chi connectivity index (χ1n) is 5.18. The zero-order valence-electron chi connectivity index (χ0n) is 9.22. The molecule has 1 fully saturated rings. The van der Waals surface area contributed by atoms with Crippen molar-refractivity contribution in [3.8, 4) is 0 Å². The molecule has 15 heavy (non-hydrogen) atoms. The normalized spacial score (nSPS) is 26.5. The van der Waals surface area contributed by atoms with Gasteiger partial charge in [-0.2, -0.15) is 11.8 Å². The fourth-order valence-electron chi connectivity index (χ4n) is 1.69. The average Bonchev–Trinajstić information content (AvgIpc) is 2.17. The van der Waals surface area contributed by atoms with Crippen LogP contribution in [0.15, 0.2) is 0 Å². The Morgan fingerprint density at radius 3 is 2.80 bits per heavy atom. The summed E-state index contributed by atoms with van der Waals surface area (Å²) in [6.07, 6.45) is -0.470. The molecule has 2 atom stereocenters. The van der Waals surface area contributed by atoms with Crippen LogP contribution in [0.5, 0.6) is 0 Å². The average molecular weight is 253 g/mol. The van der Waals surface area contributed by atoms with Gasteiger partial charge in [-0.15, -0.1) is 0 Å². The Hall–Kier alpha value is 0.220. The van der Waals surface area contributed by atoms with Gasteiger partial charge in [0.05, 0.1) is 6.10 Å². The molecule has 0 radical (unpaired) electrons. The molecule has 1 saturated heterocycles. The molecule has 90 valence electrons. The predicted octanol–water partition coefficient (Wildman–Crippen LogP) is 0.177. The lowest BCUT2D eigenvalue weighted by atomic mass is 10.3. The number of aliphatic hydroxyl groups excluding tert-OH is 1. The van der Waals surface area contributed by atoms with Crippen molar-refractivity contribution in [2.45, 2.75) is 25.3 Å². The topological polar surface area (TPSA) is 57.6 Å². The maximum Gasteiger partial charge on any atom is 0.166 e. The van der Waals surface area contributed by atoms with Crippen LogP contribution in [0.2, 0.25) is 0 Å². The van der Waals surface area contributed by atoms with Crippen molar-refractivity contribution in [3.05, 3.63) is 0 Å². The molecule has 0 spiro atoms. The highest BCUT2D eigenvalue weighted by Crippen LogP contribution is 2.21. The van der Waals surface area contributed by atoms with Crippen LogP contribution >= 0.6 is 11.8 Å². The smallest absolute Gasteiger partial charge is 0.166 e. The van der Waals surface area contributed by atoms with Crippen LogP contribution in [-0.2, 0) is 9.84 Å². The van der Waals surface area contributed by atoms with Gasteiger partial charge in [0.1, 0.15) is 5.37 Å². The van der Waals surface area contributed by atoms with Gasteiger partial charge in [-0.3, -0.25) is 4.90 Å². The third-order valence-electron chi connectivity index (χ3n) is 2.51. The molecule has 0 aromatic carbocycles. The minimum atomic E-state index is -3.02. The van der Waals surface area contributed by atoms with E-state index in [-0.39, 0.29) is 5.75 Å². The summed E-state index contributed by atoms with van der Waals surface area (Å²) in [5.74, 6) is 1.75. The van der Waals surface area contributed by atoms with Crippen LogP contribution < -0.4 is 0 Å². The number of β-amino-alcohol motifs (C(OH)–C–C–N with tert-alkyl or cyclic N) is 1. The molecule has 0 saturated carbocycles. The molecule has 0 bridgehead atoms. The highest BCUT2D eigenvalue weighted by molar-refractivity contribution is 8.01. The van der Waals surface area contributed by atoms with Gasteiger partial charge in [0.2, 0.25) is 0 Å². The number of sulfone groups is 1. The Bertz CT molecular complexity index is 290. The SMILES string of the molecule is CCS(=O)(=O)C1CSCCN1C[C@@H](C)O. The van der Waals surface area contributed by atoms with Gasteiger partial charge in [-0.1, -0.05) is 6.92 Å². The Morgan fingerprint density at radius 2 is 2.27 bits per heavy atom. The molecule has 4 nitrogen and oxygen atoms in total. The van der Waals surface area contributed by atoms with Gasteiger partial charge in [0.15, 0.2) is 9.84 Å². The number of nitrogens with zero attached hydrogens (tertiary/aromatic N) is 1. The standard InChI is InChI=1S/C9H19NO3S2/c1-3-15(12,13)9-7-14-5-4-10(9)6-8(2)11/h8-9,11H,3-7H2,1-2H3/t8-,9?/m1/s1. The fraction of sp³-hybridized carbons (Fsp3) is 1.00. The van der Waals surface area contributed by atoms with E-state index < -0.39 is 21.3 Å². The molecule has 1 N–H and O–H groups in total. The largest absolute Gasteiger partial charge is 0.392 e. The summed E-state index contributed by atoms with van der Waals surface area (Å²) in [6, 6.07) is 0. The maximum atomic E-state index is 11.8. The fourth-order valence-corrected chi connectivity index (χ4v) is 4.78. The summed E-state index contributed by atoms with van der Waals surface area (Å²) in [7, 11) is -3.02. The number of hydrogen-bond donors (Lipinski definition) is 1. The predicted molar refractivity (Wildman–Crippen MR) is 63.8 cm³/mol. The summed E-state index contributed by atoms with van der Waals surface area (Å²) in [5, 5.41) is 8.91. The number of rotatable bonds is 4. The quantitative estimate of drug-likeness (QED) is 0.774. The van der Waals surface area contributed by atoms with Crippen molar-refractivity contribution in [3.63, 3.8) is 0 Å². The van der Waals surface area contributed by atoms with Crippen molar-refractivity contribution in [1.82, 2.24) is 4.90 Å². The first-order valence-corrected chi connectivity index (χ1v) is 8.05. The van der Waals surface area contributed by atoms with E-state index >= 15 is 0 Å². The maximum absolute atomic E-state index is 11.8. The summed E-state index contributed by atoms with van der Waals surface area (Å²) in [5.41, 5.74) is 0. The van der Waals surface area contributed by atoms with Crippen LogP contribution in [-0.4, -0.2) is 60.3 Å². The summed E-state index contributed by atoms with van der Waals surface area (Å²) in [4.78, 5) is 1.89. The number of thioether (sulfide) groups is 1. The minimum Gasteiger partial charge on any atom is -0.392 e. The minimum absolute atomic E-state index is 0.175. The number of aliphatic hydroxyl groups is 1. The van der Waals surface area contributed by atoms with E-state index in [2.05, 4.69) is 0 Å². The Kier molecular flexibility index (Phi) is 4.89. The zero-order valence-corrected chi connectivity index (χ0v) is 10.9. The first kappa shape index (κ1) is 13.3. The second kappa shape index (κ2) is 5.52. The highest BCUT2D eigenvalue weighted by Gasteiger charge is 2.32. The third kappa shape index (κ3) is 3.62. The van der Waals surface area contributed by atoms with E-state index in [1.807, 2.05) is 4.90 Å². The molecule has 1 unspecified atom stereocenters. The van der Waals surface area contributed by atoms with E-state index in [9.17, 15) is 13.5 Å². The van der Waals surface area contributed by atoms with Crippen LogP contribution in [0.3, 0.4) is 0 Å². The Labute approximate surface area is 96.0 Å². The molecular formula is C9H19NO3S2. The molecule has 0 amide bonds. The molecule has 0 aromatic heterocycles. The third-order valence-corrected chi connectivity index (χ3v) is 5.84. The van der Waals surface area contributed by atoms with Crippen LogP contribution in [0.4, 0.5) is 0 Å². The summed E-state index contributed by atoms with van der Waals surface area (Å²) < 4.78 is 23.6. The lowest BCUT2D eigenvalue weighted by molar-refractivity contribution is 0.124. The molecule has 1 aliphatic rings. The Balaban J connectivity index is 2.74.